The molecule has 1 aromatic rings. The number of hydrogen-bond donors (Lipinski definition) is 1. The second-order valence-corrected chi connectivity index (χ2v) is 4.29. The molecule has 4 nitrogen and oxygen atoms in total. The van der Waals surface area contributed by atoms with Crippen LogP contribution in [0.25, 0.3) is 0 Å². The molecule has 1 aromatic heterocycles. The van der Waals surface area contributed by atoms with Crippen molar-refractivity contribution in [1.29, 1.82) is 0 Å². The van der Waals surface area contributed by atoms with Gasteiger partial charge in [0.05, 0.1) is 12.3 Å². The van der Waals surface area contributed by atoms with Gasteiger partial charge in [0, 0.05) is 37.9 Å². The van der Waals surface area contributed by atoms with Crippen LogP contribution in [0.4, 0.5) is 0 Å². The average Bonchev–Trinajstić information content (AvgIpc) is 2.78. The minimum atomic E-state index is -0.129. The lowest BCUT2D eigenvalue weighted by Crippen LogP contribution is -2.21. The molecule has 1 atom stereocenters. The number of β-amino-alcohol motifs (C(OH)–C–C–N with tert-alkyl or cyclic N) is 1. The molecular formula is C11H19N3O. The van der Waals surface area contributed by atoms with Gasteiger partial charge in [0.15, 0.2) is 0 Å². The third-order valence-electron chi connectivity index (χ3n) is 2.79. The number of nitrogens with zero attached hydrogens (tertiary/aromatic N) is 3. The van der Waals surface area contributed by atoms with Gasteiger partial charge >= 0.3 is 0 Å². The van der Waals surface area contributed by atoms with E-state index in [4.69, 9.17) is 0 Å². The van der Waals surface area contributed by atoms with E-state index >= 15 is 0 Å². The van der Waals surface area contributed by atoms with Crippen LogP contribution in [0.15, 0.2) is 12.4 Å². The second-order valence-electron chi connectivity index (χ2n) is 4.29. The molecule has 15 heavy (non-hydrogen) atoms. The summed E-state index contributed by atoms with van der Waals surface area (Å²) in [5.74, 6) is 0. The molecule has 4 heteroatoms. The lowest BCUT2D eigenvalue weighted by molar-refractivity contribution is 0.175. The predicted molar refractivity (Wildman–Crippen MR) is 58.4 cm³/mol. The highest BCUT2D eigenvalue weighted by molar-refractivity contribution is 5.04. The van der Waals surface area contributed by atoms with Crippen molar-refractivity contribution >= 4 is 0 Å². The maximum Gasteiger partial charge on any atom is 0.0679 e. The molecule has 0 aliphatic carbocycles. The quantitative estimate of drug-likeness (QED) is 0.799. The summed E-state index contributed by atoms with van der Waals surface area (Å²) >= 11 is 0. The zero-order valence-corrected chi connectivity index (χ0v) is 9.26. The highest BCUT2D eigenvalue weighted by Gasteiger charge is 2.20. The van der Waals surface area contributed by atoms with Crippen molar-refractivity contribution in [2.24, 2.45) is 0 Å². The number of aliphatic hydroxyl groups is 1. The molecule has 0 spiro atoms. The fraction of sp³-hybridized carbons (Fsp3) is 0.727. The average molecular weight is 209 g/mol. The highest BCUT2D eigenvalue weighted by Crippen LogP contribution is 2.12. The number of hydrogen-bond acceptors (Lipinski definition) is 3. The maximum absolute atomic E-state index is 9.40. The summed E-state index contributed by atoms with van der Waals surface area (Å²) in [6, 6.07) is 0. The van der Waals surface area contributed by atoms with Gasteiger partial charge in [-0.3, -0.25) is 9.58 Å². The Hall–Kier alpha value is -0.870. The van der Waals surface area contributed by atoms with Crippen LogP contribution < -0.4 is 0 Å². The van der Waals surface area contributed by atoms with Crippen LogP contribution in [0.3, 0.4) is 0 Å². The molecular weight excluding hydrogens is 190 g/mol. The first-order valence-corrected chi connectivity index (χ1v) is 5.69. The SMILES string of the molecule is CCCn1cc(CN2CC[C@H](O)C2)cn1. The van der Waals surface area contributed by atoms with Gasteiger partial charge in [-0.2, -0.15) is 5.10 Å². The Morgan fingerprint density at radius 2 is 2.47 bits per heavy atom. The number of aromatic nitrogens is 2. The molecule has 0 bridgehead atoms. The summed E-state index contributed by atoms with van der Waals surface area (Å²) in [4.78, 5) is 2.28. The van der Waals surface area contributed by atoms with Gasteiger partial charge < -0.3 is 5.11 Å². The molecule has 0 aromatic carbocycles. The lowest BCUT2D eigenvalue weighted by atomic mass is 10.3. The molecule has 1 N–H and O–H groups in total. The van der Waals surface area contributed by atoms with Crippen molar-refractivity contribution in [2.75, 3.05) is 13.1 Å². The molecule has 2 rings (SSSR count). The van der Waals surface area contributed by atoms with Gasteiger partial charge in [0.1, 0.15) is 0 Å². The van der Waals surface area contributed by atoms with E-state index in [0.717, 1.165) is 39.0 Å². The fourth-order valence-electron chi connectivity index (χ4n) is 2.05. The third kappa shape index (κ3) is 2.79. The van der Waals surface area contributed by atoms with Crippen molar-refractivity contribution < 1.29 is 5.11 Å². The van der Waals surface area contributed by atoms with Crippen LogP contribution in [-0.4, -0.2) is 39.0 Å². The van der Waals surface area contributed by atoms with Crippen LogP contribution in [0.2, 0.25) is 0 Å². The van der Waals surface area contributed by atoms with Crippen molar-refractivity contribution in [1.82, 2.24) is 14.7 Å². The zero-order chi connectivity index (χ0) is 10.7. The summed E-state index contributed by atoms with van der Waals surface area (Å²) in [5, 5.41) is 13.7. The van der Waals surface area contributed by atoms with Gasteiger partial charge in [-0.15, -0.1) is 0 Å². The molecule has 84 valence electrons. The Balaban J connectivity index is 1.87. The van der Waals surface area contributed by atoms with E-state index in [1.807, 2.05) is 10.9 Å². The number of aliphatic hydroxyl groups excluding tert-OH is 1. The summed E-state index contributed by atoms with van der Waals surface area (Å²) < 4.78 is 1.99. The first kappa shape index (κ1) is 10.6. The number of likely N-dealkylation sites (tertiary alicyclic amines) is 1. The Kier molecular flexibility index (Phi) is 3.38. The lowest BCUT2D eigenvalue weighted by Gasteiger charge is -2.12. The standard InChI is InChI=1S/C11H19N3O/c1-2-4-14-8-10(6-12-14)7-13-5-3-11(15)9-13/h6,8,11,15H,2-5,7,9H2,1H3/t11-/m0/s1. The number of rotatable bonds is 4. The normalized spacial score (nSPS) is 22.4. The fourth-order valence-corrected chi connectivity index (χ4v) is 2.05. The van der Waals surface area contributed by atoms with E-state index in [-0.39, 0.29) is 6.10 Å². The Bertz CT molecular complexity index is 311. The van der Waals surface area contributed by atoms with E-state index in [2.05, 4.69) is 23.1 Å². The van der Waals surface area contributed by atoms with Crippen LogP contribution >= 0.6 is 0 Å². The van der Waals surface area contributed by atoms with Gasteiger partial charge in [-0.25, -0.2) is 0 Å². The minimum Gasteiger partial charge on any atom is -0.392 e. The smallest absolute Gasteiger partial charge is 0.0679 e. The van der Waals surface area contributed by atoms with E-state index in [9.17, 15) is 5.11 Å². The van der Waals surface area contributed by atoms with Crippen LogP contribution in [-0.2, 0) is 13.1 Å². The van der Waals surface area contributed by atoms with Crippen LogP contribution in [0.1, 0.15) is 25.3 Å². The number of aryl methyl sites for hydroxylation is 1. The highest BCUT2D eigenvalue weighted by atomic mass is 16.3. The summed E-state index contributed by atoms with van der Waals surface area (Å²) in [7, 11) is 0. The van der Waals surface area contributed by atoms with E-state index < -0.39 is 0 Å². The van der Waals surface area contributed by atoms with Gasteiger partial charge in [-0.05, 0) is 12.8 Å². The molecule has 1 aliphatic heterocycles. The monoisotopic (exact) mass is 209 g/mol. The molecule has 0 radical (unpaired) electrons. The van der Waals surface area contributed by atoms with E-state index in [1.165, 1.54) is 5.56 Å². The Morgan fingerprint density at radius 1 is 1.60 bits per heavy atom. The molecule has 1 aliphatic rings. The van der Waals surface area contributed by atoms with Crippen molar-refractivity contribution in [3.8, 4) is 0 Å². The summed E-state index contributed by atoms with van der Waals surface area (Å²) in [5.41, 5.74) is 1.25. The first-order chi connectivity index (χ1) is 7.28. The summed E-state index contributed by atoms with van der Waals surface area (Å²) in [6.07, 6.45) is 5.93. The first-order valence-electron chi connectivity index (χ1n) is 5.69. The van der Waals surface area contributed by atoms with Crippen molar-refractivity contribution in [2.45, 2.75) is 39.0 Å². The zero-order valence-electron chi connectivity index (χ0n) is 9.26. The van der Waals surface area contributed by atoms with Crippen molar-refractivity contribution in [3.63, 3.8) is 0 Å². The molecule has 0 amide bonds. The van der Waals surface area contributed by atoms with Gasteiger partial charge in [-0.1, -0.05) is 6.92 Å². The van der Waals surface area contributed by atoms with E-state index in [1.54, 1.807) is 0 Å². The Labute approximate surface area is 90.5 Å². The molecule has 1 fully saturated rings. The third-order valence-corrected chi connectivity index (χ3v) is 2.79. The topological polar surface area (TPSA) is 41.3 Å². The second kappa shape index (κ2) is 4.77. The molecule has 1 saturated heterocycles. The van der Waals surface area contributed by atoms with E-state index in [0.29, 0.717) is 0 Å². The molecule has 2 heterocycles. The predicted octanol–water partition coefficient (Wildman–Crippen LogP) is 0.860. The van der Waals surface area contributed by atoms with Crippen molar-refractivity contribution in [3.05, 3.63) is 18.0 Å². The largest absolute Gasteiger partial charge is 0.392 e. The summed E-state index contributed by atoms with van der Waals surface area (Å²) in [6.45, 7) is 5.86. The maximum atomic E-state index is 9.40. The van der Waals surface area contributed by atoms with Gasteiger partial charge in [0.25, 0.3) is 0 Å². The molecule has 0 unspecified atom stereocenters. The van der Waals surface area contributed by atoms with Crippen LogP contribution in [0.5, 0.6) is 0 Å². The Morgan fingerprint density at radius 3 is 3.13 bits per heavy atom. The van der Waals surface area contributed by atoms with Gasteiger partial charge in [0.2, 0.25) is 0 Å². The minimum absolute atomic E-state index is 0.129. The molecule has 0 saturated carbocycles. The van der Waals surface area contributed by atoms with Crippen LogP contribution in [0, 0.1) is 0 Å².